The molecule has 4 nitrogen and oxygen atoms in total. The molecule has 0 aliphatic heterocycles. The maximum absolute atomic E-state index is 12.1. The number of hydrogen-bond acceptors (Lipinski definition) is 3. The van der Waals surface area contributed by atoms with Gasteiger partial charge < -0.3 is 5.32 Å². The van der Waals surface area contributed by atoms with E-state index >= 15 is 0 Å². The number of carbonyl (C=O) groups excluding carboxylic acids is 1. The predicted molar refractivity (Wildman–Crippen MR) is 101 cm³/mol. The first-order valence-corrected chi connectivity index (χ1v) is 8.81. The van der Waals surface area contributed by atoms with Crippen molar-refractivity contribution in [2.45, 2.75) is 33.6 Å². The lowest BCUT2D eigenvalue weighted by molar-refractivity contribution is 0.0948. The first-order chi connectivity index (χ1) is 11.0. The molecule has 0 radical (unpaired) electrons. The van der Waals surface area contributed by atoms with E-state index in [1.165, 1.54) is 21.8 Å². The van der Waals surface area contributed by atoms with Crippen molar-refractivity contribution in [3.63, 3.8) is 0 Å². The molecule has 1 heterocycles. The van der Waals surface area contributed by atoms with Crippen LogP contribution in [-0.2, 0) is 12.8 Å². The Hall–Kier alpha value is -1.92. The lowest BCUT2D eigenvalue weighted by Crippen LogP contribution is -2.43. The van der Waals surface area contributed by atoms with Crippen molar-refractivity contribution in [1.29, 1.82) is 0 Å². The SMILES string of the molecule is CCc1ccc(NC(=S)NNC(=O)c2cc(C)c(CC)s2)cc1. The number of carbonyl (C=O) groups is 1. The van der Waals surface area contributed by atoms with Gasteiger partial charge in [0.1, 0.15) is 0 Å². The monoisotopic (exact) mass is 347 g/mol. The molecule has 0 atom stereocenters. The van der Waals surface area contributed by atoms with E-state index in [1.54, 1.807) is 0 Å². The molecule has 122 valence electrons. The van der Waals surface area contributed by atoms with Crippen LogP contribution in [-0.4, -0.2) is 11.0 Å². The quantitative estimate of drug-likeness (QED) is 0.581. The van der Waals surface area contributed by atoms with Crippen molar-refractivity contribution < 1.29 is 4.79 Å². The lowest BCUT2D eigenvalue weighted by atomic mass is 10.1. The zero-order valence-corrected chi connectivity index (χ0v) is 15.2. The van der Waals surface area contributed by atoms with Crippen molar-refractivity contribution in [3.05, 3.63) is 51.2 Å². The lowest BCUT2D eigenvalue weighted by Gasteiger charge is -2.11. The third-order valence-electron chi connectivity index (χ3n) is 3.48. The van der Waals surface area contributed by atoms with Crippen LogP contribution >= 0.6 is 23.6 Å². The Balaban J connectivity index is 1.86. The van der Waals surface area contributed by atoms with E-state index in [9.17, 15) is 4.79 Å². The number of thiophene rings is 1. The van der Waals surface area contributed by atoms with Crippen LogP contribution < -0.4 is 16.2 Å². The smallest absolute Gasteiger partial charge is 0.279 e. The number of nitrogens with one attached hydrogen (secondary N) is 3. The van der Waals surface area contributed by atoms with Gasteiger partial charge in [-0.15, -0.1) is 11.3 Å². The standard InChI is InChI=1S/C17H21N3OS2/c1-4-12-6-8-13(9-7-12)18-17(22)20-19-16(21)15-10-11(3)14(5-2)23-15/h6-10H,4-5H2,1-3H3,(H,19,21)(H2,18,20,22). The average molecular weight is 348 g/mol. The van der Waals surface area contributed by atoms with E-state index in [2.05, 4.69) is 30.0 Å². The number of benzene rings is 1. The van der Waals surface area contributed by atoms with Crippen molar-refractivity contribution in [1.82, 2.24) is 10.9 Å². The maximum atomic E-state index is 12.1. The van der Waals surface area contributed by atoms with Crippen LogP contribution in [0.4, 0.5) is 5.69 Å². The Morgan fingerprint density at radius 2 is 1.83 bits per heavy atom. The van der Waals surface area contributed by atoms with E-state index in [4.69, 9.17) is 12.2 Å². The number of aryl methyl sites for hydroxylation is 3. The molecule has 0 spiro atoms. The van der Waals surface area contributed by atoms with E-state index in [0.717, 1.165) is 24.1 Å². The summed E-state index contributed by atoms with van der Waals surface area (Å²) in [6, 6.07) is 9.92. The second-order valence-electron chi connectivity index (χ2n) is 5.15. The summed E-state index contributed by atoms with van der Waals surface area (Å²) in [6.45, 7) is 6.22. The van der Waals surface area contributed by atoms with Crippen LogP contribution in [0.3, 0.4) is 0 Å². The average Bonchev–Trinajstić information content (AvgIpc) is 2.94. The molecule has 0 aliphatic rings. The number of anilines is 1. The van der Waals surface area contributed by atoms with Gasteiger partial charge in [0.15, 0.2) is 5.11 Å². The van der Waals surface area contributed by atoms with Gasteiger partial charge >= 0.3 is 0 Å². The van der Waals surface area contributed by atoms with Gasteiger partial charge in [-0.3, -0.25) is 15.6 Å². The Kier molecular flexibility index (Phi) is 6.12. The van der Waals surface area contributed by atoms with Crippen LogP contribution in [0.5, 0.6) is 0 Å². The largest absolute Gasteiger partial charge is 0.331 e. The third-order valence-corrected chi connectivity index (χ3v) is 5.06. The summed E-state index contributed by atoms with van der Waals surface area (Å²) in [5.74, 6) is -0.178. The van der Waals surface area contributed by atoms with Gasteiger partial charge in [-0.1, -0.05) is 26.0 Å². The first kappa shape index (κ1) is 17.4. The molecule has 0 aliphatic carbocycles. The molecule has 2 rings (SSSR count). The molecule has 0 saturated heterocycles. The second kappa shape index (κ2) is 8.08. The Bertz CT molecular complexity index is 692. The van der Waals surface area contributed by atoms with Crippen molar-refractivity contribution >= 4 is 40.3 Å². The highest BCUT2D eigenvalue weighted by Gasteiger charge is 2.11. The fraction of sp³-hybridized carbons (Fsp3) is 0.294. The van der Waals surface area contributed by atoms with Crippen LogP contribution in [0.2, 0.25) is 0 Å². The van der Waals surface area contributed by atoms with Crippen molar-refractivity contribution in [3.8, 4) is 0 Å². The van der Waals surface area contributed by atoms with E-state index in [-0.39, 0.29) is 5.91 Å². The molecular weight excluding hydrogens is 326 g/mol. The molecule has 0 bridgehead atoms. The van der Waals surface area contributed by atoms with Gasteiger partial charge in [0.2, 0.25) is 0 Å². The van der Waals surface area contributed by atoms with Gasteiger partial charge in [-0.25, -0.2) is 0 Å². The number of hydrogen-bond donors (Lipinski definition) is 3. The summed E-state index contributed by atoms with van der Waals surface area (Å²) < 4.78 is 0. The molecule has 1 amide bonds. The van der Waals surface area contributed by atoms with Crippen molar-refractivity contribution in [2.24, 2.45) is 0 Å². The minimum atomic E-state index is -0.178. The Morgan fingerprint density at radius 1 is 1.13 bits per heavy atom. The van der Waals surface area contributed by atoms with E-state index in [1.807, 2.05) is 37.3 Å². The topological polar surface area (TPSA) is 53.2 Å². The van der Waals surface area contributed by atoms with Gasteiger partial charge in [0, 0.05) is 10.6 Å². The zero-order chi connectivity index (χ0) is 16.8. The summed E-state index contributed by atoms with van der Waals surface area (Å²) in [6.07, 6.45) is 1.93. The molecule has 0 fully saturated rings. The van der Waals surface area contributed by atoms with Crippen LogP contribution in [0.15, 0.2) is 30.3 Å². The molecule has 3 N–H and O–H groups in total. The molecule has 1 aromatic heterocycles. The zero-order valence-electron chi connectivity index (χ0n) is 13.5. The molecule has 1 aromatic carbocycles. The summed E-state index contributed by atoms with van der Waals surface area (Å²) in [5, 5.41) is 3.39. The minimum absolute atomic E-state index is 0.178. The third kappa shape index (κ3) is 4.77. The van der Waals surface area contributed by atoms with Gasteiger partial charge in [-0.2, -0.15) is 0 Å². The normalized spacial score (nSPS) is 10.2. The minimum Gasteiger partial charge on any atom is -0.331 e. The van der Waals surface area contributed by atoms with E-state index in [0.29, 0.717) is 9.99 Å². The highest BCUT2D eigenvalue weighted by Crippen LogP contribution is 2.22. The molecule has 6 heteroatoms. The second-order valence-corrected chi connectivity index (χ2v) is 6.70. The molecule has 2 aromatic rings. The van der Waals surface area contributed by atoms with Crippen LogP contribution in [0, 0.1) is 6.92 Å². The summed E-state index contributed by atoms with van der Waals surface area (Å²) in [5.41, 5.74) is 8.66. The van der Waals surface area contributed by atoms with Crippen molar-refractivity contribution in [2.75, 3.05) is 5.32 Å². The molecular formula is C17H21N3OS2. The first-order valence-electron chi connectivity index (χ1n) is 7.59. The summed E-state index contributed by atoms with van der Waals surface area (Å²) in [4.78, 5) is 14.0. The fourth-order valence-electron chi connectivity index (χ4n) is 2.14. The fourth-order valence-corrected chi connectivity index (χ4v) is 3.32. The van der Waals surface area contributed by atoms with Crippen LogP contribution in [0.25, 0.3) is 0 Å². The summed E-state index contributed by atoms with van der Waals surface area (Å²) in [7, 11) is 0. The maximum Gasteiger partial charge on any atom is 0.279 e. The number of hydrazine groups is 1. The number of thiocarbonyl (C=S) groups is 1. The predicted octanol–water partition coefficient (Wildman–Crippen LogP) is 3.81. The number of rotatable bonds is 4. The Morgan fingerprint density at radius 3 is 2.39 bits per heavy atom. The Labute approximate surface area is 146 Å². The highest BCUT2D eigenvalue weighted by molar-refractivity contribution is 7.80. The highest BCUT2D eigenvalue weighted by atomic mass is 32.1. The molecule has 0 saturated carbocycles. The summed E-state index contributed by atoms with van der Waals surface area (Å²) >= 11 is 6.70. The molecule has 23 heavy (non-hydrogen) atoms. The van der Waals surface area contributed by atoms with Gasteiger partial charge in [0.25, 0.3) is 5.91 Å². The van der Waals surface area contributed by atoms with E-state index < -0.39 is 0 Å². The van der Waals surface area contributed by atoms with Crippen LogP contribution in [0.1, 0.15) is 39.5 Å². The molecule has 0 unspecified atom stereocenters. The van der Waals surface area contributed by atoms with Gasteiger partial charge in [0.05, 0.1) is 4.88 Å². The number of amides is 1. The van der Waals surface area contributed by atoms with Gasteiger partial charge in [-0.05, 0) is 61.3 Å².